The first kappa shape index (κ1) is 15.3. The van der Waals surface area contributed by atoms with Crippen molar-refractivity contribution in [3.05, 3.63) is 29.6 Å². The number of carbonyl (C=O) groups is 2. The number of halogens is 3. The van der Waals surface area contributed by atoms with Gasteiger partial charge >= 0.3 is 5.97 Å². The summed E-state index contributed by atoms with van der Waals surface area (Å²) in [7, 11) is 0. The first-order valence-corrected chi connectivity index (χ1v) is 6.20. The Balaban J connectivity index is 1.87. The van der Waals surface area contributed by atoms with Crippen LogP contribution < -0.4 is 5.32 Å². The molecule has 1 N–H and O–H groups in total. The van der Waals surface area contributed by atoms with Crippen molar-refractivity contribution < 1.29 is 32.2 Å². The van der Waals surface area contributed by atoms with Gasteiger partial charge in [-0.05, 0) is 25.0 Å². The van der Waals surface area contributed by atoms with E-state index in [1.165, 1.54) is 0 Å². The van der Waals surface area contributed by atoms with Crippen molar-refractivity contribution in [3.63, 3.8) is 0 Å². The van der Waals surface area contributed by atoms with Crippen LogP contribution in [0.2, 0.25) is 0 Å². The van der Waals surface area contributed by atoms with Crippen LogP contribution in [0, 0.1) is 17.5 Å². The van der Waals surface area contributed by atoms with E-state index in [1.54, 1.807) is 0 Å². The maximum Gasteiger partial charge on any atom is 0.335 e. The van der Waals surface area contributed by atoms with Crippen LogP contribution in [-0.2, 0) is 19.1 Å². The molecule has 1 atom stereocenters. The predicted molar refractivity (Wildman–Crippen MR) is 64.9 cm³/mol. The Labute approximate surface area is 118 Å². The summed E-state index contributed by atoms with van der Waals surface area (Å²) in [5.74, 6) is -6.13. The molecule has 1 aliphatic rings. The number of carbonyl (C=O) groups excluding carboxylic acids is 2. The molecule has 0 aliphatic carbocycles. The summed E-state index contributed by atoms with van der Waals surface area (Å²) < 4.78 is 48.7. The number of nitrogens with one attached hydrogen (secondary N) is 1. The largest absolute Gasteiger partial charge is 0.454 e. The zero-order valence-corrected chi connectivity index (χ0v) is 10.8. The van der Waals surface area contributed by atoms with Gasteiger partial charge in [-0.3, -0.25) is 4.79 Å². The molecule has 1 saturated heterocycles. The molecule has 0 unspecified atom stereocenters. The molecule has 0 aromatic heterocycles. The van der Waals surface area contributed by atoms with E-state index in [0.717, 1.165) is 12.5 Å². The highest BCUT2D eigenvalue weighted by Gasteiger charge is 2.25. The van der Waals surface area contributed by atoms with Crippen LogP contribution in [0.3, 0.4) is 0 Å². The van der Waals surface area contributed by atoms with Crippen LogP contribution in [0.15, 0.2) is 12.1 Å². The van der Waals surface area contributed by atoms with E-state index in [-0.39, 0.29) is 0 Å². The van der Waals surface area contributed by atoms with Crippen molar-refractivity contribution in [2.75, 3.05) is 18.5 Å². The number of ether oxygens (including phenoxy) is 2. The summed E-state index contributed by atoms with van der Waals surface area (Å²) in [6.45, 7) is -0.219. The van der Waals surface area contributed by atoms with E-state index < -0.39 is 47.7 Å². The lowest BCUT2D eigenvalue weighted by molar-refractivity contribution is -0.156. The second-order valence-corrected chi connectivity index (χ2v) is 4.38. The van der Waals surface area contributed by atoms with Gasteiger partial charge in [0.25, 0.3) is 5.91 Å². The first-order chi connectivity index (χ1) is 9.99. The predicted octanol–water partition coefficient (Wildman–Crippen LogP) is 1.76. The average molecular weight is 303 g/mol. The Morgan fingerprint density at radius 3 is 2.71 bits per heavy atom. The molecule has 1 amide bonds. The minimum Gasteiger partial charge on any atom is -0.454 e. The van der Waals surface area contributed by atoms with Crippen LogP contribution in [0.25, 0.3) is 0 Å². The molecule has 0 saturated carbocycles. The highest BCUT2D eigenvalue weighted by atomic mass is 19.2. The molecule has 114 valence electrons. The Bertz CT molecular complexity index is 559. The van der Waals surface area contributed by atoms with Crippen LogP contribution in [0.1, 0.15) is 12.8 Å². The lowest BCUT2D eigenvalue weighted by Gasteiger charge is -2.10. The number of hydrogen-bond acceptors (Lipinski definition) is 4. The standard InChI is InChI=1S/C13H12F3NO4/c14-7-3-4-8(12(16)11(7)15)17-10(18)6-21-13(19)9-2-1-5-20-9/h3-4,9H,1-2,5-6H2,(H,17,18)/t9-/m0/s1. The van der Waals surface area contributed by atoms with Gasteiger partial charge in [-0.25, -0.2) is 18.0 Å². The van der Waals surface area contributed by atoms with E-state index in [2.05, 4.69) is 4.74 Å². The fraction of sp³-hybridized carbons (Fsp3) is 0.385. The van der Waals surface area contributed by atoms with Gasteiger partial charge in [0.05, 0.1) is 5.69 Å². The zero-order valence-electron chi connectivity index (χ0n) is 10.8. The van der Waals surface area contributed by atoms with E-state index in [4.69, 9.17) is 4.74 Å². The SMILES string of the molecule is O=C(COC(=O)[C@@H]1CCCO1)Nc1ccc(F)c(F)c1F. The van der Waals surface area contributed by atoms with Gasteiger partial charge in [0.1, 0.15) is 0 Å². The Morgan fingerprint density at radius 1 is 1.29 bits per heavy atom. The zero-order chi connectivity index (χ0) is 15.4. The molecular formula is C13H12F3NO4. The molecule has 0 spiro atoms. The molecule has 0 bridgehead atoms. The molecule has 5 nitrogen and oxygen atoms in total. The van der Waals surface area contributed by atoms with Gasteiger partial charge < -0.3 is 14.8 Å². The molecule has 8 heteroatoms. The molecule has 0 radical (unpaired) electrons. The van der Waals surface area contributed by atoms with Crippen molar-refractivity contribution in [3.8, 4) is 0 Å². The van der Waals surface area contributed by atoms with Gasteiger partial charge in [-0.2, -0.15) is 0 Å². The topological polar surface area (TPSA) is 64.6 Å². The minimum absolute atomic E-state index is 0.450. The van der Waals surface area contributed by atoms with E-state index >= 15 is 0 Å². The summed E-state index contributed by atoms with van der Waals surface area (Å²) in [4.78, 5) is 22.9. The van der Waals surface area contributed by atoms with Crippen LogP contribution >= 0.6 is 0 Å². The second-order valence-electron chi connectivity index (χ2n) is 4.38. The normalized spacial score (nSPS) is 17.6. The maximum absolute atomic E-state index is 13.3. The third-order valence-electron chi connectivity index (χ3n) is 2.85. The van der Waals surface area contributed by atoms with Crippen LogP contribution in [0.4, 0.5) is 18.9 Å². The number of rotatable bonds is 4. The van der Waals surface area contributed by atoms with E-state index in [0.29, 0.717) is 19.1 Å². The number of amides is 1. The van der Waals surface area contributed by atoms with Gasteiger partial charge in [-0.1, -0.05) is 0 Å². The number of anilines is 1. The summed E-state index contributed by atoms with van der Waals surface area (Å²) in [6.07, 6.45) is 0.544. The Morgan fingerprint density at radius 2 is 2.05 bits per heavy atom. The smallest absolute Gasteiger partial charge is 0.335 e. The molecule has 1 aromatic carbocycles. The van der Waals surface area contributed by atoms with E-state index in [1.807, 2.05) is 5.32 Å². The molecule has 21 heavy (non-hydrogen) atoms. The number of hydrogen-bond donors (Lipinski definition) is 1. The van der Waals surface area contributed by atoms with Crippen molar-refractivity contribution in [2.24, 2.45) is 0 Å². The lowest BCUT2D eigenvalue weighted by Crippen LogP contribution is -2.27. The highest BCUT2D eigenvalue weighted by Crippen LogP contribution is 2.19. The third kappa shape index (κ3) is 3.72. The van der Waals surface area contributed by atoms with Gasteiger partial charge in [-0.15, -0.1) is 0 Å². The molecule has 2 rings (SSSR count). The first-order valence-electron chi connectivity index (χ1n) is 6.20. The Hall–Kier alpha value is -2.09. The van der Waals surface area contributed by atoms with Crippen molar-refractivity contribution >= 4 is 17.6 Å². The quantitative estimate of drug-likeness (QED) is 0.680. The monoisotopic (exact) mass is 303 g/mol. The average Bonchev–Trinajstić information content (AvgIpc) is 3.00. The summed E-state index contributed by atoms with van der Waals surface area (Å²) in [5.41, 5.74) is -0.535. The molecular weight excluding hydrogens is 291 g/mol. The highest BCUT2D eigenvalue weighted by molar-refractivity contribution is 5.93. The molecule has 1 aromatic rings. The summed E-state index contributed by atoms with van der Waals surface area (Å²) in [6, 6.07) is 1.54. The van der Waals surface area contributed by atoms with Crippen LogP contribution in [-0.4, -0.2) is 31.2 Å². The van der Waals surface area contributed by atoms with Gasteiger partial charge in [0.15, 0.2) is 30.2 Å². The summed E-state index contributed by atoms with van der Waals surface area (Å²) >= 11 is 0. The number of esters is 1. The lowest BCUT2D eigenvalue weighted by atomic mass is 10.2. The molecule has 1 heterocycles. The fourth-order valence-corrected chi connectivity index (χ4v) is 1.80. The van der Waals surface area contributed by atoms with Crippen molar-refractivity contribution in [2.45, 2.75) is 18.9 Å². The fourth-order valence-electron chi connectivity index (χ4n) is 1.80. The van der Waals surface area contributed by atoms with E-state index in [9.17, 15) is 22.8 Å². The maximum atomic E-state index is 13.3. The van der Waals surface area contributed by atoms with Crippen molar-refractivity contribution in [1.29, 1.82) is 0 Å². The Kier molecular flexibility index (Phi) is 4.79. The summed E-state index contributed by atoms with van der Waals surface area (Å²) in [5, 5.41) is 1.99. The van der Waals surface area contributed by atoms with Crippen molar-refractivity contribution in [1.82, 2.24) is 0 Å². The van der Waals surface area contributed by atoms with Gasteiger partial charge in [0.2, 0.25) is 0 Å². The molecule has 1 aliphatic heterocycles. The molecule has 1 fully saturated rings. The van der Waals surface area contributed by atoms with Crippen LogP contribution in [0.5, 0.6) is 0 Å². The second kappa shape index (κ2) is 6.57. The minimum atomic E-state index is -1.69. The third-order valence-corrected chi connectivity index (χ3v) is 2.85. The number of benzene rings is 1. The van der Waals surface area contributed by atoms with Gasteiger partial charge in [0, 0.05) is 6.61 Å².